The molecule has 0 saturated heterocycles. The number of allylic oxidation sites excluding steroid dienone is 1. The molecule has 0 atom stereocenters. The van der Waals surface area contributed by atoms with Crippen LogP contribution >= 0.6 is 0 Å². The number of anilines is 1. The molecule has 0 heterocycles. The number of primary amides is 1. The Hall–Kier alpha value is -4.28. The number of amidine groups is 1. The van der Waals surface area contributed by atoms with Gasteiger partial charge in [-0.2, -0.15) is 0 Å². The molecular formula is C25H25N5O4S. The lowest BCUT2D eigenvalue weighted by molar-refractivity contribution is -0.119. The number of nitrogens with one attached hydrogen (secondary N) is 2. The highest BCUT2D eigenvalue weighted by molar-refractivity contribution is 7.89. The molecule has 9 nitrogen and oxygen atoms in total. The molecule has 0 aliphatic carbocycles. The molecule has 3 aromatic rings. The van der Waals surface area contributed by atoms with Crippen LogP contribution in [0.4, 0.5) is 5.69 Å². The molecular weight excluding hydrogens is 466 g/mol. The molecule has 10 heteroatoms. The molecule has 0 spiro atoms. The minimum absolute atomic E-state index is 0.00752. The van der Waals surface area contributed by atoms with E-state index in [2.05, 4.69) is 5.32 Å². The SMILES string of the molecule is C/C(=C(\CC(N)=O)C(=O)Nc1ccc(-c2ccccc2S(N)(=O)=O)cc1)c1cccc(C(=N)N)c1. The number of nitrogens with two attached hydrogens (primary N) is 3. The summed E-state index contributed by atoms with van der Waals surface area (Å²) < 4.78 is 23.8. The molecule has 0 unspecified atom stereocenters. The van der Waals surface area contributed by atoms with E-state index in [0.29, 0.717) is 33.5 Å². The predicted octanol–water partition coefficient (Wildman–Crippen LogP) is 2.57. The number of hydrogen-bond donors (Lipinski definition) is 5. The third-order valence-electron chi connectivity index (χ3n) is 5.33. The van der Waals surface area contributed by atoms with Crippen molar-refractivity contribution in [2.24, 2.45) is 16.6 Å². The van der Waals surface area contributed by atoms with Gasteiger partial charge in [-0.05, 0) is 47.9 Å². The van der Waals surface area contributed by atoms with Crippen molar-refractivity contribution in [2.75, 3.05) is 5.32 Å². The number of carbonyl (C=O) groups excluding carboxylic acids is 2. The zero-order chi connectivity index (χ0) is 25.8. The van der Waals surface area contributed by atoms with Crippen molar-refractivity contribution in [3.05, 3.63) is 89.5 Å². The molecule has 0 radical (unpaired) electrons. The first-order valence-corrected chi connectivity index (χ1v) is 12.0. The number of benzene rings is 3. The van der Waals surface area contributed by atoms with Gasteiger partial charge in [-0.15, -0.1) is 0 Å². The maximum absolute atomic E-state index is 13.1. The van der Waals surface area contributed by atoms with Gasteiger partial charge in [0.1, 0.15) is 5.84 Å². The highest BCUT2D eigenvalue weighted by atomic mass is 32.2. The van der Waals surface area contributed by atoms with Crippen LogP contribution in [0.15, 0.2) is 83.3 Å². The van der Waals surface area contributed by atoms with Gasteiger partial charge in [0, 0.05) is 22.4 Å². The quantitative estimate of drug-likeness (QED) is 0.184. The monoisotopic (exact) mass is 491 g/mol. The largest absolute Gasteiger partial charge is 0.384 e. The number of carbonyl (C=O) groups is 2. The molecule has 3 rings (SSSR count). The number of amides is 2. The van der Waals surface area contributed by atoms with E-state index in [1.807, 2.05) is 0 Å². The molecule has 0 fully saturated rings. The van der Waals surface area contributed by atoms with Gasteiger partial charge in [0.25, 0.3) is 5.91 Å². The molecule has 0 aliphatic heterocycles. The molecule has 3 aromatic carbocycles. The van der Waals surface area contributed by atoms with Crippen molar-refractivity contribution in [1.82, 2.24) is 0 Å². The van der Waals surface area contributed by atoms with E-state index in [4.69, 9.17) is 22.0 Å². The summed E-state index contributed by atoms with van der Waals surface area (Å²) in [5.41, 5.74) is 14.2. The summed E-state index contributed by atoms with van der Waals surface area (Å²) in [6.07, 6.45) is -0.290. The van der Waals surface area contributed by atoms with E-state index in [9.17, 15) is 18.0 Å². The molecule has 0 aromatic heterocycles. The summed E-state index contributed by atoms with van der Waals surface area (Å²) in [5.74, 6) is -1.32. The molecule has 180 valence electrons. The Bertz CT molecular complexity index is 1440. The molecule has 0 saturated carbocycles. The zero-order valence-electron chi connectivity index (χ0n) is 18.9. The van der Waals surface area contributed by atoms with Crippen molar-refractivity contribution in [1.29, 1.82) is 5.41 Å². The Morgan fingerprint density at radius 1 is 0.914 bits per heavy atom. The third kappa shape index (κ3) is 6.19. The van der Waals surface area contributed by atoms with Gasteiger partial charge in [0.15, 0.2) is 0 Å². The number of sulfonamides is 1. The van der Waals surface area contributed by atoms with E-state index >= 15 is 0 Å². The minimum atomic E-state index is -3.92. The van der Waals surface area contributed by atoms with Crippen LogP contribution < -0.4 is 21.9 Å². The molecule has 2 amide bonds. The first-order chi connectivity index (χ1) is 16.5. The fourth-order valence-electron chi connectivity index (χ4n) is 3.54. The fourth-order valence-corrected chi connectivity index (χ4v) is 4.31. The van der Waals surface area contributed by atoms with Crippen molar-refractivity contribution in [3.63, 3.8) is 0 Å². The van der Waals surface area contributed by atoms with E-state index in [1.165, 1.54) is 6.07 Å². The second-order valence-corrected chi connectivity index (χ2v) is 9.34. The lowest BCUT2D eigenvalue weighted by Crippen LogP contribution is -2.21. The van der Waals surface area contributed by atoms with Crippen LogP contribution in [0.3, 0.4) is 0 Å². The fraction of sp³-hybridized carbons (Fsp3) is 0.0800. The van der Waals surface area contributed by atoms with Gasteiger partial charge in [0.2, 0.25) is 15.9 Å². The molecule has 0 aliphatic rings. The summed E-state index contributed by atoms with van der Waals surface area (Å²) in [5, 5.41) is 15.7. The Morgan fingerprint density at radius 3 is 2.14 bits per heavy atom. The van der Waals surface area contributed by atoms with Crippen LogP contribution in [-0.4, -0.2) is 26.1 Å². The van der Waals surface area contributed by atoms with Gasteiger partial charge < -0.3 is 16.8 Å². The number of nitrogen functional groups attached to an aromatic ring is 1. The van der Waals surface area contributed by atoms with Crippen molar-refractivity contribution < 1.29 is 18.0 Å². The Balaban J connectivity index is 1.92. The van der Waals surface area contributed by atoms with Crippen molar-refractivity contribution in [2.45, 2.75) is 18.2 Å². The van der Waals surface area contributed by atoms with Gasteiger partial charge in [0.05, 0.1) is 11.3 Å². The van der Waals surface area contributed by atoms with Gasteiger partial charge in [-0.25, -0.2) is 13.6 Å². The van der Waals surface area contributed by atoms with Gasteiger partial charge >= 0.3 is 0 Å². The Morgan fingerprint density at radius 2 is 1.54 bits per heavy atom. The molecule has 35 heavy (non-hydrogen) atoms. The first kappa shape index (κ1) is 25.3. The summed E-state index contributed by atoms with van der Waals surface area (Å²) in [4.78, 5) is 24.8. The van der Waals surface area contributed by atoms with Crippen molar-refractivity contribution >= 4 is 38.9 Å². The summed E-state index contributed by atoms with van der Waals surface area (Å²) in [6.45, 7) is 1.68. The zero-order valence-corrected chi connectivity index (χ0v) is 19.7. The maximum atomic E-state index is 13.1. The van der Waals surface area contributed by atoms with Crippen LogP contribution in [0.2, 0.25) is 0 Å². The lowest BCUT2D eigenvalue weighted by atomic mass is 9.96. The summed E-state index contributed by atoms with van der Waals surface area (Å²) >= 11 is 0. The average molecular weight is 492 g/mol. The predicted molar refractivity (Wildman–Crippen MR) is 136 cm³/mol. The smallest absolute Gasteiger partial charge is 0.252 e. The third-order valence-corrected chi connectivity index (χ3v) is 6.30. The normalized spacial score (nSPS) is 11.9. The summed E-state index contributed by atoms with van der Waals surface area (Å²) in [6, 6.07) is 19.6. The van der Waals surface area contributed by atoms with E-state index in [0.717, 1.165) is 0 Å². The van der Waals surface area contributed by atoms with E-state index < -0.39 is 21.8 Å². The summed E-state index contributed by atoms with van der Waals surface area (Å²) in [7, 11) is -3.92. The van der Waals surface area contributed by atoms with Crippen LogP contribution in [-0.2, 0) is 19.6 Å². The lowest BCUT2D eigenvalue weighted by Gasteiger charge is -2.14. The van der Waals surface area contributed by atoms with Gasteiger partial charge in [-0.1, -0.05) is 48.5 Å². The number of primary sulfonamides is 1. The Labute approximate surface area is 203 Å². The van der Waals surface area contributed by atoms with Crippen LogP contribution in [0.5, 0.6) is 0 Å². The maximum Gasteiger partial charge on any atom is 0.252 e. The van der Waals surface area contributed by atoms with Gasteiger partial charge in [-0.3, -0.25) is 15.0 Å². The average Bonchev–Trinajstić information content (AvgIpc) is 2.82. The number of hydrogen-bond acceptors (Lipinski definition) is 5. The topological polar surface area (TPSA) is 182 Å². The highest BCUT2D eigenvalue weighted by Gasteiger charge is 2.18. The molecule has 8 N–H and O–H groups in total. The minimum Gasteiger partial charge on any atom is -0.384 e. The molecule has 0 bridgehead atoms. The second kappa shape index (κ2) is 10.3. The van der Waals surface area contributed by atoms with Crippen LogP contribution in [0, 0.1) is 5.41 Å². The van der Waals surface area contributed by atoms with E-state index in [1.54, 1.807) is 73.7 Å². The van der Waals surface area contributed by atoms with Crippen LogP contribution in [0.1, 0.15) is 24.5 Å². The van der Waals surface area contributed by atoms with Crippen LogP contribution in [0.25, 0.3) is 16.7 Å². The highest BCUT2D eigenvalue weighted by Crippen LogP contribution is 2.28. The number of rotatable bonds is 8. The standard InChI is InChI=1S/C25H25N5O4S/c1-15(17-5-4-6-18(13-17)24(27)28)21(14-23(26)31)25(32)30-19-11-9-16(10-12-19)20-7-2-3-8-22(20)35(29,33)34/h2-13H,14H2,1H3,(H2,26,31)(H3,27,28)(H,30,32)(H2,29,33,34)/b21-15-. The second-order valence-electron chi connectivity index (χ2n) is 7.81. The van der Waals surface area contributed by atoms with Crippen molar-refractivity contribution in [3.8, 4) is 11.1 Å². The Kier molecular flexibility index (Phi) is 7.48. The first-order valence-electron chi connectivity index (χ1n) is 10.4. The van der Waals surface area contributed by atoms with E-state index in [-0.39, 0.29) is 22.7 Å².